The van der Waals surface area contributed by atoms with Crippen molar-refractivity contribution in [2.45, 2.75) is 26.2 Å². The Hall–Kier alpha value is -3.14. The molecule has 0 atom stereocenters. The molecule has 0 N–H and O–H groups in total. The molecule has 1 aliphatic rings. The molecule has 0 saturated carbocycles. The Morgan fingerprint density at radius 1 is 0.654 bits per heavy atom. The second kappa shape index (κ2) is 6.30. The fourth-order valence-electron chi connectivity index (χ4n) is 3.58. The van der Waals surface area contributed by atoms with Gasteiger partial charge in [0, 0.05) is 0 Å². The highest BCUT2D eigenvalue weighted by Gasteiger charge is 2.06. The van der Waals surface area contributed by atoms with Crippen LogP contribution in [-0.4, -0.2) is 9.13 Å². The van der Waals surface area contributed by atoms with Crippen LogP contribution < -0.4 is 9.13 Å². The van der Waals surface area contributed by atoms with Crippen LogP contribution in [0.3, 0.4) is 0 Å². The summed E-state index contributed by atoms with van der Waals surface area (Å²) < 4.78 is 8.46. The fourth-order valence-corrected chi connectivity index (χ4v) is 3.58. The molecule has 0 fully saturated rings. The van der Waals surface area contributed by atoms with E-state index in [4.69, 9.17) is 0 Å². The second-order valence-electron chi connectivity index (χ2n) is 6.95. The molecule has 0 saturated heterocycles. The number of benzene rings is 2. The van der Waals surface area contributed by atoms with E-state index in [0.717, 1.165) is 26.2 Å². The minimum absolute atomic E-state index is 0.830. The number of rotatable bonds is 0. The fraction of sp³-hybridized carbons (Fsp3) is 0.182. The summed E-state index contributed by atoms with van der Waals surface area (Å²) in [6.07, 6.45) is 15.2. The molecule has 2 aromatic carbocycles. The number of nitrogens with zero attached hydrogens (tertiary/aromatic N) is 4. The Bertz CT molecular complexity index is 900. The molecule has 0 spiro atoms. The van der Waals surface area contributed by atoms with E-state index in [1.165, 1.54) is 22.3 Å². The maximum absolute atomic E-state index is 3.43. The summed E-state index contributed by atoms with van der Waals surface area (Å²) >= 11 is 0. The van der Waals surface area contributed by atoms with E-state index in [1.54, 1.807) is 0 Å². The summed E-state index contributed by atoms with van der Waals surface area (Å²) in [5.74, 6) is 0. The van der Waals surface area contributed by atoms with E-state index in [0.29, 0.717) is 0 Å². The van der Waals surface area contributed by atoms with Gasteiger partial charge in [0.15, 0.2) is 0 Å². The van der Waals surface area contributed by atoms with Crippen molar-refractivity contribution in [1.29, 1.82) is 0 Å². The standard InChI is InChI=1S/C22H20N4/c1-3-19-11-20(4-1)14-24-8-10-26(18-24)16-22-6-2-5-21(12-22)15-25-9-7-23(13-19)17-25/h1-12H,13-16H2. The molecule has 3 heterocycles. The average molecular weight is 340 g/mol. The van der Waals surface area contributed by atoms with Crippen molar-refractivity contribution < 1.29 is 9.13 Å². The van der Waals surface area contributed by atoms with Gasteiger partial charge in [-0.05, 0) is 59.2 Å². The minimum Gasteiger partial charge on any atom is -0.347 e. The summed E-state index contributed by atoms with van der Waals surface area (Å²) in [4.78, 5) is 0. The molecular formula is C22H20N4. The number of hydrogen-bond donors (Lipinski definition) is 0. The summed E-state index contributed by atoms with van der Waals surface area (Å²) in [5.41, 5.74) is 5.15. The van der Waals surface area contributed by atoms with E-state index in [9.17, 15) is 0 Å². The van der Waals surface area contributed by atoms with Crippen LogP contribution >= 0.6 is 0 Å². The van der Waals surface area contributed by atoms with Crippen LogP contribution in [0.4, 0.5) is 0 Å². The van der Waals surface area contributed by atoms with Gasteiger partial charge in [0.05, 0.1) is 26.2 Å². The third kappa shape index (κ3) is 3.18. The monoisotopic (exact) mass is 340 g/mol. The van der Waals surface area contributed by atoms with Gasteiger partial charge in [0.25, 0.3) is 0 Å². The number of fused-ring (bicyclic) bond motifs is 8. The number of aromatic nitrogens is 4. The summed E-state index contributed by atoms with van der Waals surface area (Å²) in [6, 6.07) is 17.5. The van der Waals surface area contributed by atoms with E-state index in [-0.39, 0.29) is 0 Å². The maximum atomic E-state index is 3.43. The SMILES string of the molecule is [c-]1n2cc[n+]1Cc1cccc(c1)C[n+]1[c-]n(cc1)Cc1cccc(c1)C2. The van der Waals surface area contributed by atoms with Crippen molar-refractivity contribution in [2.75, 3.05) is 0 Å². The molecule has 0 unspecified atom stereocenters. The van der Waals surface area contributed by atoms with Crippen molar-refractivity contribution in [3.8, 4) is 0 Å². The Morgan fingerprint density at radius 3 is 1.65 bits per heavy atom. The molecule has 1 aliphatic heterocycles. The predicted molar refractivity (Wildman–Crippen MR) is 96.2 cm³/mol. The van der Waals surface area contributed by atoms with Crippen LogP contribution in [-0.2, 0) is 26.2 Å². The third-order valence-corrected chi connectivity index (χ3v) is 4.76. The summed E-state index contributed by atoms with van der Waals surface area (Å²) in [5, 5.41) is 0. The summed E-state index contributed by atoms with van der Waals surface area (Å²) in [6.45, 7) is 3.32. The zero-order valence-electron chi connectivity index (χ0n) is 14.5. The molecular weight excluding hydrogens is 320 g/mol. The Morgan fingerprint density at radius 2 is 1.12 bits per heavy atom. The molecule has 0 amide bonds. The second-order valence-corrected chi connectivity index (χ2v) is 6.95. The smallest absolute Gasteiger partial charge is 0.204 e. The molecule has 4 nitrogen and oxygen atoms in total. The molecule has 2 aromatic heterocycles. The quantitative estimate of drug-likeness (QED) is 0.303. The number of hydrogen-bond acceptors (Lipinski definition) is 0. The molecule has 8 bridgehead atoms. The molecule has 0 aliphatic carbocycles. The van der Waals surface area contributed by atoms with E-state index >= 15 is 0 Å². The van der Waals surface area contributed by atoms with Gasteiger partial charge in [-0.1, -0.05) is 36.4 Å². The third-order valence-electron chi connectivity index (χ3n) is 4.76. The van der Waals surface area contributed by atoms with Crippen molar-refractivity contribution in [3.63, 3.8) is 0 Å². The lowest BCUT2D eigenvalue weighted by Crippen LogP contribution is -2.33. The van der Waals surface area contributed by atoms with Crippen LogP contribution in [0.5, 0.6) is 0 Å². The predicted octanol–water partition coefficient (Wildman–Crippen LogP) is 1.97. The van der Waals surface area contributed by atoms with E-state index in [1.807, 2.05) is 0 Å². The molecule has 26 heavy (non-hydrogen) atoms. The molecule has 4 aromatic rings. The maximum Gasteiger partial charge on any atom is 0.204 e. The normalized spacial score (nSPS) is 13.5. The average Bonchev–Trinajstić information content (AvgIpc) is 3.24. The van der Waals surface area contributed by atoms with Gasteiger partial charge in [0.2, 0.25) is 12.7 Å². The minimum atomic E-state index is 0.830. The molecule has 0 radical (unpaired) electrons. The molecule has 4 heteroatoms. The Labute approximate surface area is 153 Å². The lowest BCUT2D eigenvalue weighted by molar-refractivity contribution is -0.693. The first-order valence-corrected chi connectivity index (χ1v) is 8.92. The first kappa shape index (κ1) is 15.1. The highest BCUT2D eigenvalue weighted by atomic mass is 15.1. The van der Waals surface area contributed by atoms with Gasteiger partial charge in [-0.15, -0.1) is 0 Å². The Kier molecular flexibility index (Phi) is 3.67. The zero-order chi connectivity index (χ0) is 17.3. The van der Waals surface area contributed by atoms with Crippen LogP contribution in [0.25, 0.3) is 0 Å². The first-order chi connectivity index (χ1) is 12.8. The summed E-state index contributed by atoms with van der Waals surface area (Å²) in [7, 11) is 0. The molecule has 5 rings (SSSR count). The van der Waals surface area contributed by atoms with Crippen LogP contribution in [0, 0.1) is 12.7 Å². The van der Waals surface area contributed by atoms with Crippen molar-refractivity contribution in [3.05, 3.63) is 108 Å². The van der Waals surface area contributed by atoms with Crippen LogP contribution in [0.2, 0.25) is 0 Å². The van der Waals surface area contributed by atoms with Gasteiger partial charge in [-0.2, -0.15) is 0 Å². The van der Waals surface area contributed by atoms with Gasteiger partial charge in [-0.25, -0.2) is 0 Å². The van der Waals surface area contributed by atoms with Gasteiger partial charge in [0.1, 0.15) is 0 Å². The van der Waals surface area contributed by atoms with Crippen molar-refractivity contribution >= 4 is 0 Å². The van der Waals surface area contributed by atoms with Crippen LogP contribution in [0.1, 0.15) is 22.3 Å². The highest BCUT2D eigenvalue weighted by molar-refractivity contribution is 5.24. The Balaban J connectivity index is 1.57. The zero-order valence-corrected chi connectivity index (χ0v) is 14.5. The van der Waals surface area contributed by atoms with E-state index in [2.05, 4.69) is 104 Å². The topological polar surface area (TPSA) is 17.6 Å². The molecule has 128 valence electrons. The van der Waals surface area contributed by atoms with Gasteiger partial charge in [-0.3, -0.25) is 0 Å². The van der Waals surface area contributed by atoms with Crippen molar-refractivity contribution in [2.24, 2.45) is 0 Å². The lowest BCUT2D eigenvalue weighted by atomic mass is 10.1. The van der Waals surface area contributed by atoms with Gasteiger partial charge < -0.3 is 18.3 Å². The van der Waals surface area contributed by atoms with Crippen molar-refractivity contribution in [1.82, 2.24) is 9.13 Å². The largest absolute Gasteiger partial charge is 0.347 e. The van der Waals surface area contributed by atoms with E-state index < -0.39 is 0 Å². The van der Waals surface area contributed by atoms with Gasteiger partial charge >= 0.3 is 0 Å². The number of imidazole rings is 2. The van der Waals surface area contributed by atoms with Crippen LogP contribution in [0.15, 0.2) is 73.3 Å². The first-order valence-electron chi connectivity index (χ1n) is 8.92. The lowest BCUT2D eigenvalue weighted by Gasteiger charge is -2.08. The highest BCUT2D eigenvalue weighted by Crippen LogP contribution is 2.10.